The van der Waals surface area contributed by atoms with Crippen molar-refractivity contribution in [3.05, 3.63) is 89.5 Å². The Labute approximate surface area is 159 Å². The van der Waals surface area contributed by atoms with Crippen molar-refractivity contribution in [2.24, 2.45) is 0 Å². The molecule has 0 radical (unpaired) electrons. The van der Waals surface area contributed by atoms with E-state index in [1.165, 1.54) is 12.1 Å². The number of carboxylic acid groups (broad SMARTS) is 2. The van der Waals surface area contributed by atoms with Crippen molar-refractivity contribution < 1.29 is 29.3 Å². The molecular weight excluding hydrogens is 362 g/mol. The molecule has 0 aliphatic carbocycles. The highest BCUT2D eigenvalue weighted by molar-refractivity contribution is 6.12. The van der Waals surface area contributed by atoms with Gasteiger partial charge in [0.05, 0.1) is 22.4 Å². The minimum absolute atomic E-state index is 0.160. The number of para-hydroxylation sites is 3. The van der Waals surface area contributed by atoms with Crippen molar-refractivity contribution >= 4 is 23.5 Å². The molecule has 0 aliphatic rings. The fourth-order valence-electron chi connectivity index (χ4n) is 2.52. The van der Waals surface area contributed by atoms with E-state index in [9.17, 15) is 19.5 Å². The molecule has 140 valence electrons. The molecule has 0 saturated heterocycles. The van der Waals surface area contributed by atoms with E-state index in [-0.39, 0.29) is 11.1 Å². The van der Waals surface area contributed by atoms with E-state index in [0.29, 0.717) is 17.2 Å². The Morgan fingerprint density at radius 2 is 1.43 bits per heavy atom. The normalized spacial score (nSPS) is 10.1. The van der Waals surface area contributed by atoms with Crippen LogP contribution in [0.3, 0.4) is 0 Å². The van der Waals surface area contributed by atoms with Crippen molar-refractivity contribution in [1.82, 2.24) is 0 Å². The summed E-state index contributed by atoms with van der Waals surface area (Å²) in [7, 11) is 0. The topological polar surface area (TPSA) is 113 Å². The third kappa shape index (κ3) is 4.16. The number of carbonyl (C=O) groups is 3. The van der Waals surface area contributed by atoms with E-state index in [2.05, 4.69) is 5.32 Å². The second-order valence-corrected chi connectivity index (χ2v) is 5.74. The zero-order valence-corrected chi connectivity index (χ0v) is 14.5. The molecule has 3 rings (SSSR count). The molecular formula is C21H15NO6. The molecule has 0 saturated carbocycles. The molecule has 7 nitrogen and oxygen atoms in total. The third-order valence-corrected chi connectivity index (χ3v) is 3.85. The van der Waals surface area contributed by atoms with Crippen LogP contribution in [0.5, 0.6) is 11.5 Å². The quantitative estimate of drug-likeness (QED) is 0.595. The van der Waals surface area contributed by atoms with Gasteiger partial charge >= 0.3 is 11.9 Å². The summed E-state index contributed by atoms with van der Waals surface area (Å²) in [6.45, 7) is 0. The Kier molecular flexibility index (Phi) is 5.36. The van der Waals surface area contributed by atoms with Crippen LogP contribution in [0.25, 0.3) is 0 Å². The highest BCUT2D eigenvalue weighted by Gasteiger charge is 2.20. The zero-order chi connectivity index (χ0) is 20.1. The van der Waals surface area contributed by atoms with E-state index in [1.54, 1.807) is 48.5 Å². The molecule has 0 unspecified atom stereocenters. The van der Waals surface area contributed by atoms with E-state index in [0.717, 1.165) is 6.07 Å². The number of benzene rings is 3. The standard InChI is InChI=1S/C21H15NO6/c23-19(15-11-10-13(20(24)25)12-16(15)21(26)27)22-17-8-4-5-9-18(17)28-14-6-2-1-3-7-14/h1-12H,(H,22,23)(H,24,25)(H,26,27). The number of hydrogen-bond acceptors (Lipinski definition) is 4. The lowest BCUT2D eigenvalue weighted by Gasteiger charge is -2.13. The van der Waals surface area contributed by atoms with Crippen LogP contribution in [0.2, 0.25) is 0 Å². The number of ether oxygens (including phenoxy) is 1. The number of anilines is 1. The smallest absolute Gasteiger partial charge is 0.336 e. The fourth-order valence-corrected chi connectivity index (χ4v) is 2.52. The van der Waals surface area contributed by atoms with Gasteiger partial charge in [-0.25, -0.2) is 9.59 Å². The van der Waals surface area contributed by atoms with Gasteiger partial charge in [-0.05, 0) is 42.5 Å². The molecule has 0 spiro atoms. The van der Waals surface area contributed by atoms with Gasteiger partial charge in [-0.1, -0.05) is 30.3 Å². The Morgan fingerprint density at radius 3 is 2.11 bits per heavy atom. The maximum absolute atomic E-state index is 12.6. The summed E-state index contributed by atoms with van der Waals surface area (Å²) in [5.41, 5.74) is -0.442. The first-order valence-corrected chi connectivity index (χ1v) is 8.19. The highest BCUT2D eigenvalue weighted by Crippen LogP contribution is 2.29. The monoisotopic (exact) mass is 377 g/mol. The first-order chi connectivity index (χ1) is 13.5. The molecule has 1 amide bonds. The molecule has 7 heteroatoms. The van der Waals surface area contributed by atoms with Crippen molar-refractivity contribution in [3.63, 3.8) is 0 Å². The van der Waals surface area contributed by atoms with Gasteiger partial charge in [-0.2, -0.15) is 0 Å². The van der Waals surface area contributed by atoms with Crippen LogP contribution in [-0.2, 0) is 0 Å². The van der Waals surface area contributed by atoms with E-state index >= 15 is 0 Å². The summed E-state index contributed by atoms with van der Waals surface area (Å²) < 4.78 is 5.77. The molecule has 0 fully saturated rings. The molecule has 0 aliphatic heterocycles. The van der Waals surface area contributed by atoms with E-state index < -0.39 is 23.4 Å². The number of amides is 1. The Morgan fingerprint density at radius 1 is 0.750 bits per heavy atom. The van der Waals surface area contributed by atoms with Gasteiger partial charge < -0.3 is 20.3 Å². The summed E-state index contributed by atoms with van der Waals surface area (Å²) in [6.07, 6.45) is 0. The van der Waals surface area contributed by atoms with Crippen LogP contribution in [0.4, 0.5) is 5.69 Å². The summed E-state index contributed by atoms with van der Waals surface area (Å²) in [5.74, 6) is -2.43. The number of aromatic carboxylic acids is 2. The summed E-state index contributed by atoms with van der Waals surface area (Å²) in [6, 6.07) is 19.0. The van der Waals surface area contributed by atoms with Crippen LogP contribution < -0.4 is 10.1 Å². The van der Waals surface area contributed by atoms with E-state index in [4.69, 9.17) is 9.84 Å². The fraction of sp³-hybridized carbons (Fsp3) is 0. The molecule has 0 heterocycles. The SMILES string of the molecule is O=C(O)c1ccc(C(=O)Nc2ccccc2Oc2ccccc2)c(C(=O)O)c1. The molecule has 3 aromatic carbocycles. The summed E-state index contributed by atoms with van der Waals surface area (Å²) in [5, 5.41) is 21.0. The van der Waals surface area contributed by atoms with Crippen LogP contribution in [0, 0.1) is 0 Å². The number of carboxylic acids is 2. The predicted octanol–water partition coefficient (Wildman–Crippen LogP) is 4.13. The molecule has 0 atom stereocenters. The van der Waals surface area contributed by atoms with E-state index in [1.807, 2.05) is 6.07 Å². The summed E-state index contributed by atoms with van der Waals surface area (Å²) in [4.78, 5) is 35.2. The van der Waals surface area contributed by atoms with Gasteiger partial charge in [0.2, 0.25) is 0 Å². The lowest BCUT2D eigenvalue weighted by molar-refractivity contribution is 0.0692. The number of nitrogens with one attached hydrogen (secondary N) is 1. The largest absolute Gasteiger partial charge is 0.478 e. The lowest BCUT2D eigenvalue weighted by atomic mass is 10.0. The zero-order valence-electron chi connectivity index (χ0n) is 14.5. The van der Waals surface area contributed by atoms with Gasteiger partial charge in [0.25, 0.3) is 5.91 Å². The maximum Gasteiger partial charge on any atom is 0.336 e. The second-order valence-electron chi connectivity index (χ2n) is 5.74. The van der Waals surface area contributed by atoms with Crippen LogP contribution in [0.15, 0.2) is 72.8 Å². The van der Waals surface area contributed by atoms with Gasteiger partial charge in [0.1, 0.15) is 5.75 Å². The first kappa shape index (κ1) is 18.7. The molecule has 3 N–H and O–H groups in total. The van der Waals surface area contributed by atoms with Crippen LogP contribution >= 0.6 is 0 Å². The van der Waals surface area contributed by atoms with Crippen LogP contribution in [0.1, 0.15) is 31.1 Å². The molecule has 3 aromatic rings. The van der Waals surface area contributed by atoms with Gasteiger partial charge in [-0.3, -0.25) is 4.79 Å². The average molecular weight is 377 g/mol. The van der Waals surface area contributed by atoms with Gasteiger partial charge in [0, 0.05) is 0 Å². The minimum atomic E-state index is -1.40. The molecule has 0 bridgehead atoms. The molecule has 0 aromatic heterocycles. The minimum Gasteiger partial charge on any atom is -0.478 e. The molecule has 28 heavy (non-hydrogen) atoms. The third-order valence-electron chi connectivity index (χ3n) is 3.85. The van der Waals surface area contributed by atoms with Crippen molar-refractivity contribution in [2.75, 3.05) is 5.32 Å². The van der Waals surface area contributed by atoms with Crippen molar-refractivity contribution in [1.29, 1.82) is 0 Å². The van der Waals surface area contributed by atoms with Crippen molar-refractivity contribution in [2.45, 2.75) is 0 Å². The Bertz CT molecular complexity index is 1050. The van der Waals surface area contributed by atoms with Crippen molar-refractivity contribution in [3.8, 4) is 11.5 Å². The second kappa shape index (κ2) is 8.05. The predicted molar refractivity (Wildman–Crippen MR) is 101 cm³/mol. The maximum atomic E-state index is 12.6. The number of rotatable bonds is 6. The van der Waals surface area contributed by atoms with Crippen LogP contribution in [-0.4, -0.2) is 28.1 Å². The lowest BCUT2D eigenvalue weighted by Crippen LogP contribution is -2.17. The first-order valence-electron chi connectivity index (χ1n) is 8.19. The average Bonchev–Trinajstić information content (AvgIpc) is 2.69. The highest BCUT2D eigenvalue weighted by atomic mass is 16.5. The number of hydrogen-bond donors (Lipinski definition) is 3. The summed E-state index contributed by atoms with van der Waals surface area (Å²) >= 11 is 0. The Hall–Kier alpha value is -4.13. The number of carbonyl (C=O) groups excluding carboxylic acids is 1. The Balaban J connectivity index is 1.90. The van der Waals surface area contributed by atoms with Gasteiger partial charge in [-0.15, -0.1) is 0 Å². The van der Waals surface area contributed by atoms with Gasteiger partial charge in [0.15, 0.2) is 5.75 Å².